The second-order valence-electron chi connectivity index (χ2n) is 6.67. The summed E-state index contributed by atoms with van der Waals surface area (Å²) in [5, 5.41) is 3.24. The molecule has 0 radical (unpaired) electrons. The Morgan fingerprint density at radius 1 is 1.37 bits per heavy atom. The van der Waals surface area contributed by atoms with Gasteiger partial charge in [0.15, 0.2) is 5.96 Å². The van der Waals surface area contributed by atoms with Crippen molar-refractivity contribution in [3.8, 4) is 0 Å². The van der Waals surface area contributed by atoms with Crippen molar-refractivity contribution in [2.45, 2.75) is 19.9 Å². The molecular weight excluding hydrogens is 523 g/mol. The summed E-state index contributed by atoms with van der Waals surface area (Å²) in [6.07, 6.45) is 1.08. The Bertz CT molecular complexity index is 610. The van der Waals surface area contributed by atoms with E-state index < -0.39 is 0 Å². The fourth-order valence-electron chi connectivity index (χ4n) is 2.78. The number of carbonyl (C=O) groups is 1. The van der Waals surface area contributed by atoms with Crippen LogP contribution in [0.4, 0.5) is 0 Å². The van der Waals surface area contributed by atoms with Crippen molar-refractivity contribution in [1.82, 2.24) is 15.1 Å². The third kappa shape index (κ3) is 8.35. The number of likely N-dealkylation sites (tertiary alicyclic amines) is 1. The number of nitrogens with zero attached hydrogens (tertiary/aromatic N) is 3. The molecule has 1 aliphatic rings. The van der Waals surface area contributed by atoms with Gasteiger partial charge in [-0.15, -0.1) is 24.0 Å². The van der Waals surface area contributed by atoms with Gasteiger partial charge in [0.1, 0.15) is 0 Å². The number of benzene rings is 1. The lowest BCUT2D eigenvalue weighted by Gasteiger charge is -2.23. The van der Waals surface area contributed by atoms with Crippen LogP contribution in [0.1, 0.15) is 18.9 Å². The van der Waals surface area contributed by atoms with Crippen LogP contribution < -0.4 is 5.32 Å². The van der Waals surface area contributed by atoms with Gasteiger partial charge in [-0.3, -0.25) is 4.79 Å². The summed E-state index contributed by atoms with van der Waals surface area (Å²) >= 11 is 3.45. The zero-order valence-electron chi connectivity index (χ0n) is 16.3. The molecule has 152 valence electrons. The molecule has 6 nitrogen and oxygen atoms in total. The summed E-state index contributed by atoms with van der Waals surface area (Å²) < 4.78 is 6.62. The zero-order chi connectivity index (χ0) is 18.9. The summed E-state index contributed by atoms with van der Waals surface area (Å²) in [6.45, 7) is 6.21. The third-order valence-electron chi connectivity index (χ3n) is 4.36. The van der Waals surface area contributed by atoms with Crippen LogP contribution >= 0.6 is 39.9 Å². The molecule has 1 aromatic carbocycles. The number of halogens is 2. The highest BCUT2D eigenvalue weighted by atomic mass is 127. The number of ether oxygens (including phenoxy) is 1. The van der Waals surface area contributed by atoms with Crippen molar-refractivity contribution in [1.29, 1.82) is 0 Å². The molecule has 1 fully saturated rings. The predicted octanol–water partition coefficient (Wildman–Crippen LogP) is 2.96. The lowest BCUT2D eigenvalue weighted by Crippen LogP contribution is -2.44. The van der Waals surface area contributed by atoms with E-state index in [2.05, 4.69) is 38.3 Å². The van der Waals surface area contributed by atoms with E-state index in [4.69, 9.17) is 9.73 Å². The Kier molecular flexibility index (Phi) is 11.2. The summed E-state index contributed by atoms with van der Waals surface area (Å²) in [5.74, 6) is 1.34. The maximum Gasteiger partial charge on any atom is 0.241 e. The van der Waals surface area contributed by atoms with Gasteiger partial charge in [-0.1, -0.05) is 28.1 Å². The highest BCUT2D eigenvalue weighted by Gasteiger charge is 2.25. The summed E-state index contributed by atoms with van der Waals surface area (Å²) in [5.41, 5.74) is 1.14. The molecule has 1 atom stereocenters. The average molecular weight is 553 g/mol. The number of hydrogen-bond acceptors (Lipinski definition) is 3. The van der Waals surface area contributed by atoms with E-state index in [1.807, 2.05) is 19.1 Å². The molecule has 1 N–H and O–H groups in total. The number of amides is 1. The van der Waals surface area contributed by atoms with Crippen LogP contribution in [0.3, 0.4) is 0 Å². The molecule has 0 saturated carbocycles. The van der Waals surface area contributed by atoms with Crippen LogP contribution in [0, 0.1) is 5.92 Å². The monoisotopic (exact) mass is 552 g/mol. The first-order valence-corrected chi connectivity index (χ1v) is 9.84. The number of rotatable bonds is 7. The van der Waals surface area contributed by atoms with Crippen LogP contribution in [0.2, 0.25) is 0 Å². The third-order valence-corrected chi connectivity index (χ3v) is 4.89. The minimum atomic E-state index is 0. The van der Waals surface area contributed by atoms with Crippen molar-refractivity contribution < 1.29 is 9.53 Å². The molecular formula is C19H30BrIN4O2. The smallest absolute Gasteiger partial charge is 0.241 e. The molecule has 1 aromatic rings. The van der Waals surface area contributed by atoms with Crippen LogP contribution in [0.15, 0.2) is 33.7 Å². The van der Waals surface area contributed by atoms with Gasteiger partial charge < -0.3 is 19.9 Å². The van der Waals surface area contributed by atoms with E-state index in [-0.39, 0.29) is 36.4 Å². The normalized spacial score (nSPS) is 16.8. The highest BCUT2D eigenvalue weighted by molar-refractivity contribution is 14.0. The lowest BCUT2D eigenvalue weighted by atomic mass is 10.1. The van der Waals surface area contributed by atoms with Gasteiger partial charge in [0.2, 0.25) is 5.91 Å². The summed E-state index contributed by atoms with van der Waals surface area (Å²) in [6, 6.07) is 8.14. The van der Waals surface area contributed by atoms with Gasteiger partial charge in [0.05, 0.1) is 19.7 Å². The second-order valence-corrected chi connectivity index (χ2v) is 7.58. The van der Waals surface area contributed by atoms with E-state index in [9.17, 15) is 4.79 Å². The van der Waals surface area contributed by atoms with Crippen molar-refractivity contribution in [3.05, 3.63) is 34.3 Å². The van der Waals surface area contributed by atoms with Gasteiger partial charge in [0.25, 0.3) is 0 Å². The maximum absolute atomic E-state index is 11.9. The van der Waals surface area contributed by atoms with Crippen LogP contribution in [-0.2, 0) is 16.1 Å². The lowest BCUT2D eigenvalue weighted by molar-refractivity contribution is -0.127. The number of likely N-dealkylation sites (N-methyl/N-ethyl adjacent to an activating group) is 1. The standard InChI is InChI=1S/C19H29BrN4O2.HI/c1-4-26-14-16-9-10-24(13-16)19(22-12-18(25)23(2)3)21-11-15-5-7-17(20)8-6-15;/h5-8,16H,4,9-14H2,1-3H3,(H,21,22);1H. The minimum absolute atomic E-state index is 0. The predicted molar refractivity (Wildman–Crippen MR) is 124 cm³/mol. The molecule has 1 aliphatic heterocycles. The van der Waals surface area contributed by atoms with Gasteiger partial charge in [-0.05, 0) is 31.0 Å². The molecule has 1 heterocycles. The second kappa shape index (κ2) is 12.6. The number of aliphatic imine (C=N–C) groups is 1. The molecule has 0 aromatic heterocycles. The van der Waals surface area contributed by atoms with E-state index in [0.717, 1.165) is 48.7 Å². The first-order valence-electron chi connectivity index (χ1n) is 9.05. The first-order chi connectivity index (χ1) is 12.5. The maximum atomic E-state index is 11.9. The van der Waals surface area contributed by atoms with Crippen molar-refractivity contribution in [3.63, 3.8) is 0 Å². The molecule has 0 bridgehead atoms. The summed E-state index contributed by atoms with van der Waals surface area (Å²) in [4.78, 5) is 20.5. The minimum Gasteiger partial charge on any atom is -0.381 e. The summed E-state index contributed by atoms with van der Waals surface area (Å²) in [7, 11) is 3.52. The number of hydrogen-bond donors (Lipinski definition) is 1. The van der Waals surface area contributed by atoms with Crippen molar-refractivity contribution in [2.24, 2.45) is 10.9 Å². The molecule has 27 heavy (non-hydrogen) atoms. The number of carbonyl (C=O) groups excluding carboxylic acids is 1. The molecule has 1 unspecified atom stereocenters. The van der Waals surface area contributed by atoms with E-state index in [1.165, 1.54) is 0 Å². The molecule has 0 aliphatic carbocycles. The highest BCUT2D eigenvalue weighted by Crippen LogP contribution is 2.17. The fourth-order valence-corrected chi connectivity index (χ4v) is 3.05. The quantitative estimate of drug-likeness (QED) is 0.321. The molecule has 8 heteroatoms. The van der Waals surface area contributed by atoms with E-state index >= 15 is 0 Å². The largest absolute Gasteiger partial charge is 0.381 e. The first kappa shape index (κ1) is 24.2. The molecule has 1 saturated heterocycles. The van der Waals surface area contributed by atoms with Crippen LogP contribution in [0.25, 0.3) is 0 Å². The van der Waals surface area contributed by atoms with Crippen LogP contribution in [0.5, 0.6) is 0 Å². The topological polar surface area (TPSA) is 57.2 Å². The van der Waals surface area contributed by atoms with Gasteiger partial charge in [-0.2, -0.15) is 0 Å². The Hall–Kier alpha value is -0.870. The Morgan fingerprint density at radius 3 is 2.70 bits per heavy atom. The Balaban J connectivity index is 0.00000364. The van der Waals surface area contributed by atoms with Crippen molar-refractivity contribution in [2.75, 3.05) is 46.9 Å². The number of guanidine groups is 1. The fraction of sp³-hybridized carbons (Fsp3) is 0.579. The van der Waals surface area contributed by atoms with Gasteiger partial charge >= 0.3 is 0 Å². The number of nitrogens with one attached hydrogen (secondary N) is 1. The van der Waals surface area contributed by atoms with E-state index in [1.54, 1.807) is 19.0 Å². The van der Waals surface area contributed by atoms with Gasteiger partial charge in [0, 0.05) is 44.2 Å². The molecule has 1 amide bonds. The van der Waals surface area contributed by atoms with E-state index in [0.29, 0.717) is 12.5 Å². The van der Waals surface area contributed by atoms with Crippen LogP contribution in [-0.4, -0.2) is 68.6 Å². The SMILES string of the molecule is CCOCC1CCN(C(=NCc2ccc(Br)cc2)NCC(=O)N(C)C)C1.I. The Morgan fingerprint density at radius 2 is 2.07 bits per heavy atom. The van der Waals surface area contributed by atoms with Gasteiger partial charge in [-0.25, -0.2) is 4.99 Å². The Labute approximate surface area is 187 Å². The molecule has 2 rings (SSSR count). The average Bonchev–Trinajstić information content (AvgIpc) is 3.09. The van der Waals surface area contributed by atoms with Crippen molar-refractivity contribution >= 4 is 51.8 Å². The molecule has 0 spiro atoms. The zero-order valence-corrected chi connectivity index (χ0v) is 20.2.